The standard InChI is InChI=1S/C20H20FN3O2/c1-13-4-5-14-11-18(20(25)22-12-17-3-2-10-26-17)23-19(14)24(13)16-8-6-15(21)7-9-16/h4-9,11,17,23H,1-3,10,12H2,(H,22,25). The van der Waals surface area contributed by atoms with Crippen molar-refractivity contribution in [1.29, 1.82) is 0 Å². The Labute approximate surface area is 151 Å². The molecule has 6 heteroatoms. The van der Waals surface area contributed by atoms with Crippen LogP contribution in [-0.4, -0.2) is 30.1 Å². The quantitative estimate of drug-likeness (QED) is 0.880. The number of rotatable bonds is 4. The Morgan fingerprint density at radius 3 is 2.88 bits per heavy atom. The van der Waals surface area contributed by atoms with Gasteiger partial charge in [-0.2, -0.15) is 0 Å². The van der Waals surface area contributed by atoms with Crippen LogP contribution in [0, 0.1) is 5.82 Å². The lowest BCUT2D eigenvalue weighted by molar-refractivity contribution is 0.0854. The largest absolute Gasteiger partial charge is 0.376 e. The van der Waals surface area contributed by atoms with Crippen LogP contribution in [0.5, 0.6) is 0 Å². The molecule has 3 heterocycles. The number of ether oxygens (including phenoxy) is 1. The minimum absolute atomic E-state index is 0.0962. The van der Waals surface area contributed by atoms with E-state index in [1.165, 1.54) is 12.1 Å². The van der Waals surface area contributed by atoms with Crippen molar-refractivity contribution in [1.82, 2.24) is 10.3 Å². The molecule has 0 saturated carbocycles. The Balaban J connectivity index is 1.56. The van der Waals surface area contributed by atoms with Crippen molar-refractivity contribution in [3.05, 3.63) is 65.8 Å². The highest BCUT2D eigenvalue weighted by Crippen LogP contribution is 2.36. The number of nitrogens with one attached hydrogen (secondary N) is 2. The van der Waals surface area contributed by atoms with Crippen molar-refractivity contribution < 1.29 is 13.9 Å². The zero-order valence-electron chi connectivity index (χ0n) is 14.3. The molecular weight excluding hydrogens is 333 g/mol. The number of H-pyrrole nitrogens is 1. The van der Waals surface area contributed by atoms with E-state index in [-0.39, 0.29) is 17.8 Å². The van der Waals surface area contributed by atoms with E-state index in [0.717, 1.165) is 42.2 Å². The first-order chi connectivity index (χ1) is 12.6. The number of carbonyl (C=O) groups excluding carboxylic acids is 1. The smallest absolute Gasteiger partial charge is 0.267 e. The fourth-order valence-electron chi connectivity index (χ4n) is 3.29. The number of nitrogens with zero attached hydrogens (tertiary/aromatic N) is 1. The number of aromatic nitrogens is 1. The molecule has 0 radical (unpaired) electrons. The highest BCUT2D eigenvalue weighted by molar-refractivity contribution is 5.96. The fraction of sp³-hybridized carbons (Fsp3) is 0.250. The molecule has 1 saturated heterocycles. The first-order valence-corrected chi connectivity index (χ1v) is 8.67. The monoisotopic (exact) mass is 353 g/mol. The summed E-state index contributed by atoms with van der Waals surface area (Å²) in [6.45, 7) is 5.31. The van der Waals surface area contributed by atoms with Crippen LogP contribution in [0.4, 0.5) is 15.9 Å². The molecule has 0 bridgehead atoms. The Bertz CT molecular complexity index is 864. The lowest BCUT2D eigenvalue weighted by atomic mass is 10.1. The molecule has 26 heavy (non-hydrogen) atoms. The fourth-order valence-corrected chi connectivity index (χ4v) is 3.29. The van der Waals surface area contributed by atoms with Gasteiger partial charge in [-0.25, -0.2) is 4.39 Å². The van der Waals surface area contributed by atoms with Gasteiger partial charge in [0.05, 0.1) is 6.10 Å². The van der Waals surface area contributed by atoms with Gasteiger partial charge in [-0.3, -0.25) is 9.69 Å². The van der Waals surface area contributed by atoms with Gasteiger partial charge in [0.25, 0.3) is 5.91 Å². The molecule has 2 N–H and O–H groups in total. The second-order valence-corrected chi connectivity index (χ2v) is 6.47. The maximum Gasteiger partial charge on any atom is 0.267 e. The predicted molar refractivity (Wildman–Crippen MR) is 98.8 cm³/mol. The average Bonchev–Trinajstić information content (AvgIpc) is 3.30. The van der Waals surface area contributed by atoms with Crippen LogP contribution in [0.3, 0.4) is 0 Å². The van der Waals surface area contributed by atoms with Crippen LogP contribution < -0.4 is 10.2 Å². The van der Waals surface area contributed by atoms with Gasteiger partial charge in [-0.05, 0) is 55.3 Å². The maximum atomic E-state index is 13.2. The Hall–Kier alpha value is -2.86. The highest BCUT2D eigenvalue weighted by atomic mass is 19.1. The number of allylic oxidation sites excluding steroid dienone is 1. The number of benzene rings is 1. The van der Waals surface area contributed by atoms with E-state index in [1.54, 1.807) is 18.2 Å². The van der Waals surface area contributed by atoms with Crippen LogP contribution in [0.15, 0.2) is 48.7 Å². The van der Waals surface area contributed by atoms with Crippen molar-refractivity contribution in [3.63, 3.8) is 0 Å². The van der Waals surface area contributed by atoms with Gasteiger partial charge < -0.3 is 15.0 Å². The van der Waals surface area contributed by atoms with Gasteiger partial charge in [0.1, 0.15) is 17.3 Å². The van der Waals surface area contributed by atoms with Crippen molar-refractivity contribution in [2.75, 3.05) is 18.1 Å². The van der Waals surface area contributed by atoms with Crippen molar-refractivity contribution in [2.45, 2.75) is 18.9 Å². The SMILES string of the molecule is C=C1C=Cc2cc(C(=O)NCC3CCCO3)[nH]c2N1c1ccc(F)cc1. The van der Waals surface area contributed by atoms with E-state index in [2.05, 4.69) is 16.9 Å². The summed E-state index contributed by atoms with van der Waals surface area (Å²) in [6.07, 6.45) is 5.89. The van der Waals surface area contributed by atoms with Crippen LogP contribution in [0.1, 0.15) is 28.9 Å². The molecule has 1 fully saturated rings. The molecule has 2 aromatic rings. The topological polar surface area (TPSA) is 57.4 Å². The van der Waals surface area contributed by atoms with E-state index < -0.39 is 0 Å². The zero-order chi connectivity index (χ0) is 18.1. The van der Waals surface area contributed by atoms with Crippen LogP contribution in [-0.2, 0) is 4.74 Å². The first kappa shape index (κ1) is 16.6. The summed E-state index contributed by atoms with van der Waals surface area (Å²) in [6, 6.07) is 7.97. The van der Waals surface area contributed by atoms with Gasteiger partial charge in [0, 0.05) is 30.1 Å². The molecule has 0 aliphatic carbocycles. The summed E-state index contributed by atoms with van der Waals surface area (Å²) in [4.78, 5) is 17.5. The van der Waals surface area contributed by atoms with E-state index >= 15 is 0 Å². The summed E-state index contributed by atoms with van der Waals surface area (Å²) in [5, 5.41) is 2.91. The predicted octanol–water partition coefficient (Wildman–Crippen LogP) is 3.74. The maximum absolute atomic E-state index is 13.2. The van der Waals surface area contributed by atoms with E-state index in [1.807, 2.05) is 17.1 Å². The minimum Gasteiger partial charge on any atom is -0.376 e. The van der Waals surface area contributed by atoms with Gasteiger partial charge >= 0.3 is 0 Å². The molecule has 1 aromatic heterocycles. The summed E-state index contributed by atoms with van der Waals surface area (Å²) in [5.41, 5.74) is 2.86. The molecule has 2 aliphatic rings. The summed E-state index contributed by atoms with van der Waals surface area (Å²) >= 11 is 0. The lowest BCUT2D eigenvalue weighted by Crippen LogP contribution is -2.32. The molecule has 0 spiro atoms. The number of carbonyl (C=O) groups is 1. The molecule has 1 unspecified atom stereocenters. The number of hydrogen-bond acceptors (Lipinski definition) is 3. The highest BCUT2D eigenvalue weighted by Gasteiger charge is 2.23. The Morgan fingerprint density at radius 2 is 2.15 bits per heavy atom. The lowest BCUT2D eigenvalue weighted by Gasteiger charge is -2.27. The third-order valence-corrected chi connectivity index (χ3v) is 4.64. The average molecular weight is 353 g/mol. The zero-order valence-corrected chi connectivity index (χ0v) is 14.3. The van der Waals surface area contributed by atoms with E-state index in [0.29, 0.717) is 12.2 Å². The number of hydrogen-bond donors (Lipinski definition) is 2. The van der Waals surface area contributed by atoms with E-state index in [4.69, 9.17) is 4.74 Å². The van der Waals surface area contributed by atoms with E-state index in [9.17, 15) is 9.18 Å². The van der Waals surface area contributed by atoms with Crippen molar-refractivity contribution in [2.24, 2.45) is 0 Å². The molecule has 1 atom stereocenters. The minimum atomic E-state index is -0.298. The van der Waals surface area contributed by atoms with Crippen LogP contribution >= 0.6 is 0 Å². The molecule has 1 amide bonds. The van der Waals surface area contributed by atoms with Gasteiger partial charge in [-0.1, -0.05) is 6.58 Å². The normalized spacial score (nSPS) is 18.9. The number of fused-ring (bicyclic) bond motifs is 1. The van der Waals surface area contributed by atoms with Crippen molar-refractivity contribution in [3.8, 4) is 0 Å². The molecule has 5 nitrogen and oxygen atoms in total. The third kappa shape index (κ3) is 3.15. The molecule has 134 valence electrons. The Morgan fingerprint density at radius 1 is 1.35 bits per heavy atom. The molecule has 4 rings (SSSR count). The number of halogens is 1. The molecule has 1 aromatic carbocycles. The number of amides is 1. The Kier molecular flexibility index (Phi) is 4.34. The van der Waals surface area contributed by atoms with Gasteiger partial charge in [-0.15, -0.1) is 0 Å². The second-order valence-electron chi connectivity index (χ2n) is 6.47. The van der Waals surface area contributed by atoms with Gasteiger partial charge in [0.2, 0.25) is 0 Å². The first-order valence-electron chi connectivity index (χ1n) is 8.67. The summed E-state index contributed by atoms with van der Waals surface area (Å²) < 4.78 is 18.8. The second kappa shape index (κ2) is 6.80. The summed E-state index contributed by atoms with van der Waals surface area (Å²) in [5.74, 6) is 0.271. The third-order valence-electron chi connectivity index (χ3n) is 4.64. The number of anilines is 2. The van der Waals surface area contributed by atoms with Crippen LogP contribution in [0.2, 0.25) is 0 Å². The number of aromatic amines is 1. The molecule has 2 aliphatic heterocycles. The molecular formula is C20H20FN3O2. The van der Waals surface area contributed by atoms with Crippen LogP contribution in [0.25, 0.3) is 6.08 Å². The van der Waals surface area contributed by atoms with Gasteiger partial charge in [0.15, 0.2) is 0 Å². The van der Waals surface area contributed by atoms with Crippen molar-refractivity contribution >= 4 is 23.5 Å². The summed E-state index contributed by atoms with van der Waals surface area (Å²) in [7, 11) is 0.